The second-order valence-electron chi connectivity index (χ2n) is 8.02. The third-order valence-corrected chi connectivity index (χ3v) is 6.83. The van der Waals surface area contributed by atoms with Gasteiger partial charge in [0.25, 0.3) is 0 Å². The quantitative estimate of drug-likeness (QED) is 0.436. The van der Waals surface area contributed by atoms with E-state index in [1.165, 1.54) is 24.8 Å². The first-order valence-corrected chi connectivity index (χ1v) is 11.6. The molecule has 0 amide bonds. The topological polar surface area (TPSA) is 42.7 Å². The lowest BCUT2D eigenvalue weighted by molar-refractivity contribution is 0.425. The van der Waals surface area contributed by atoms with E-state index in [0.717, 1.165) is 47.7 Å². The van der Waals surface area contributed by atoms with Crippen molar-refractivity contribution in [1.29, 1.82) is 0 Å². The molecule has 0 bridgehead atoms. The first-order chi connectivity index (χ1) is 14.2. The zero-order valence-corrected chi connectivity index (χ0v) is 18.2. The van der Waals surface area contributed by atoms with Crippen LogP contribution in [0, 0.1) is 12.8 Å². The Morgan fingerprint density at radius 3 is 2.83 bits per heavy atom. The van der Waals surface area contributed by atoms with Crippen LogP contribution in [0.4, 0.5) is 0 Å². The van der Waals surface area contributed by atoms with Crippen LogP contribution >= 0.6 is 11.8 Å². The summed E-state index contributed by atoms with van der Waals surface area (Å²) in [5.74, 6) is 2.75. The van der Waals surface area contributed by atoms with Crippen LogP contribution in [0.25, 0.3) is 11.4 Å². The zero-order chi connectivity index (χ0) is 20.1. The van der Waals surface area contributed by atoms with Gasteiger partial charge in [0.2, 0.25) is 0 Å². The second kappa shape index (κ2) is 9.59. The molecule has 1 aromatic heterocycles. The molecule has 0 spiro atoms. The Morgan fingerprint density at radius 1 is 1.10 bits per heavy atom. The van der Waals surface area contributed by atoms with E-state index in [9.17, 15) is 0 Å². The van der Waals surface area contributed by atoms with Gasteiger partial charge in [-0.15, -0.1) is 10.2 Å². The molecule has 0 fully saturated rings. The van der Waals surface area contributed by atoms with Gasteiger partial charge in [-0.3, -0.25) is 0 Å². The largest absolute Gasteiger partial charge is 0.316 e. The Hall–Kier alpha value is -2.11. The van der Waals surface area contributed by atoms with E-state index in [1.54, 1.807) is 22.9 Å². The zero-order valence-electron chi connectivity index (χ0n) is 17.4. The number of thioether (sulfide) groups is 1. The SMILES string of the molecule is Cc1ccc2c(c1)CCC(CNCCCSc1nnc(-c3ccccc3)n1C)C2. The van der Waals surface area contributed by atoms with Gasteiger partial charge >= 0.3 is 0 Å². The average molecular weight is 407 g/mol. The molecule has 1 atom stereocenters. The lowest BCUT2D eigenvalue weighted by Gasteiger charge is -2.25. The Bertz CT molecular complexity index is 935. The van der Waals surface area contributed by atoms with Crippen LogP contribution in [0.5, 0.6) is 0 Å². The van der Waals surface area contributed by atoms with Crippen molar-refractivity contribution in [3.8, 4) is 11.4 Å². The fourth-order valence-corrected chi connectivity index (χ4v) is 4.93. The maximum atomic E-state index is 4.37. The molecular weight excluding hydrogens is 376 g/mol. The van der Waals surface area contributed by atoms with Gasteiger partial charge in [0, 0.05) is 18.4 Å². The van der Waals surface area contributed by atoms with E-state index in [1.807, 2.05) is 25.2 Å². The fraction of sp³-hybridized carbons (Fsp3) is 0.417. The minimum Gasteiger partial charge on any atom is -0.316 e. The number of hydrogen-bond acceptors (Lipinski definition) is 4. The smallest absolute Gasteiger partial charge is 0.191 e. The van der Waals surface area contributed by atoms with Gasteiger partial charge in [-0.1, -0.05) is 65.9 Å². The molecule has 2 aromatic carbocycles. The minimum atomic E-state index is 0.769. The summed E-state index contributed by atoms with van der Waals surface area (Å²) < 4.78 is 2.09. The van der Waals surface area contributed by atoms with E-state index in [4.69, 9.17) is 0 Å². The molecule has 1 aliphatic carbocycles. The van der Waals surface area contributed by atoms with Crippen molar-refractivity contribution in [2.24, 2.45) is 13.0 Å². The Balaban J connectivity index is 1.17. The first kappa shape index (κ1) is 20.2. The number of aromatic nitrogens is 3. The van der Waals surface area contributed by atoms with E-state index >= 15 is 0 Å². The van der Waals surface area contributed by atoms with E-state index < -0.39 is 0 Å². The summed E-state index contributed by atoms with van der Waals surface area (Å²) in [5, 5.41) is 13.4. The maximum Gasteiger partial charge on any atom is 0.191 e. The summed E-state index contributed by atoms with van der Waals surface area (Å²) in [6, 6.07) is 17.2. The molecule has 29 heavy (non-hydrogen) atoms. The minimum absolute atomic E-state index is 0.769. The lowest BCUT2D eigenvalue weighted by atomic mass is 9.83. The van der Waals surface area contributed by atoms with Crippen LogP contribution in [0.15, 0.2) is 53.7 Å². The normalized spacial score (nSPS) is 16.0. The van der Waals surface area contributed by atoms with Crippen LogP contribution in [-0.2, 0) is 19.9 Å². The molecule has 1 unspecified atom stereocenters. The van der Waals surface area contributed by atoms with E-state index in [0.29, 0.717) is 0 Å². The van der Waals surface area contributed by atoms with Crippen molar-refractivity contribution in [3.63, 3.8) is 0 Å². The molecular formula is C24H30N4S. The molecule has 0 saturated carbocycles. The number of rotatable bonds is 8. The molecule has 1 heterocycles. The lowest BCUT2D eigenvalue weighted by Crippen LogP contribution is -2.28. The molecule has 0 saturated heterocycles. The number of benzene rings is 2. The van der Waals surface area contributed by atoms with Gasteiger partial charge in [0.1, 0.15) is 0 Å². The van der Waals surface area contributed by atoms with Crippen LogP contribution < -0.4 is 5.32 Å². The maximum absolute atomic E-state index is 4.37. The van der Waals surface area contributed by atoms with Gasteiger partial charge in [-0.05, 0) is 62.7 Å². The monoisotopic (exact) mass is 406 g/mol. The summed E-state index contributed by atoms with van der Waals surface area (Å²) in [6.45, 7) is 4.38. The van der Waals surface area contributed by atoms with Gasteiger partial charge < -0.3 is 9.88 Å². The number of hydrogen-bond donors (Lipinski definition) is 1. The van der Waals surface area contributed by atoms with Gasteiger partial charge in [0.15, 0.2) is 11.0 Å². The highest BCUT2D eigenvalue weighted by molar-refractivity contribution is 7.99. The summed E-state index contributed by atoms with van der Waals surface area (Å²) >= 11 is 1.79. The van der Waals surface area contributed by atoms with Crippen molar-refractivity contribution in [3.05, 3.63) is 65.2 Å². The third kappa shape index (κ3) is 5.09. The fourth-order valence-electron chi connectivity index (χ4n) is 4.08. The molecule has 5 heteroatoms. The van der Waals surface area contributed by atoms with E-state index in [-0.39, 0.29) is 0 Å². The van der Waals surface area contributed by atoms with Gasteiger partial charge in [-0.25, -0.2) is 0 Å². The Labute approximate surface area is 178 Å². The standard InChI is InChI=1S/C24H30N4S/c1-18-9-11-22-16-19(10-12-21(22)15-18)17-25-13-6-14-29-24-27-26-23(28(24)2)20-7-4-3-5-8-20/h3-5,7-9,11,15,19,25H,6,10,12-14,16-17H2,1-2H3. The summed E-state index contributed by atoms with van der Waals surface area (Å²) in [5.41, 5.74) is 5.62. The predicted molar refractivity (Wildman–Crippen MR) is 121 cm³/mol. The summed E-state index contributed by atoms with van der Waals surface area (Å²) in [4.78, 5) is 0. The van der Waals surface area contributed by atoms with E-state index in [2.05, 4.69) is 57.3 Å². The summed E-state index contributed by atoms with van der Waals surface area (Å²) in [7, 11) is 2.05. The molecule has 3 aromatic rings. The Kier molecular flexibility index (Phi) is 6.67. The highest BCUT2D eigenvalue weighted by Crippen LogP contribution is 2.26. The average Bonchev–Trinajstić information content (AvgIpc) is 3.11. The highest BCUT2D eigenvalue weighted by atomic mass is 32.2. The number of nitrogens with zero attached hydrogens (tertiary/aromatic N) is 3. The van der Waals surface area contributed by atoms with Crippen LogP contribution in [0.3, 0.4) is 0 Å². The van der Waals surface area contributed by atoms with Crippen LogP contribution in [0.2, 0.25) is 0 Å². The second-order valence-corrected chi connectivity index (χ2v) is 9.08. The van der Waals surface area contributed by atoms with Crippen molar-refractivity contribution in [2.45, 2.75) is 37.8 Å². The highest BCUT2D eigenvalue weighted by Gasteiger charge is 2.18. The van der Waals surface area contributed by atoms with Crippen molar-refractivity contribution in [2.75, 3.05) is 18.8 Å². The van der Waals surface area contributed by atoms with Crippen molar-refractivity contribution in [1.82, 2.24) is 20.1 Å². The Morgan fingerprint density at radius 2 is 1.97 bits per heavy atom. The predicted octanol–water partition coefficient (Wildman–Crippen LogP) is 4.67. The first-order valence-electron chi connectivity index (χ1n) is 10.6. The molecule has 1 N–H and O–H groups in total. The van der Waals surface area contributed by atoms with Crippen LogP contribution in [-0.4, -0.2) is 33.6 Å². The molecule has 0 aliphatic heterocycles. The molecule has 0 radical (unpaired) electrons. The van der Waals surface area contributed by atoms with Crippen molar-refractivity contribution < 1.29 is 0 Å². The molecule has 4 nitrogen and oxygen atoms in total. The van der Waals surface area contributed by atoms with Crippen LogP contribution in [0.1, 0.15) is 29.5 Å². The molecule has 1 aliphatic rings. The molecule has 4 rings (SSSR count). The number of aryl methyl sites for hydroxylation is 2. The van der Waals surface area contributed by atoms with Gasteiger partial charge in [-0.2, -0.15) is 0 Å². The number of fused-ring (bicyclic) bond motifs is 1. The van der Waals surface area contributed by atoms with Crippen molar-refractivity contribution >= 4 is 11.8 Å². The summed E-state index contributed by atoms with van der Waals surface area (Å²) in [6.07, 6.45) is 4.90. The van der Waals surface area contributed by atoms with Gasteiger partial charge in [0.05, 0.1) is 0 Å². The number of nitrogens with one attached hydrogen (secondary N) is 1. The molecule has 152 valence electrons. The third-order valence-electron chi connectivity index (χ3n) is 5.72.